The number of nitrogen functional groups attached to an aromatic ring is 1. The molecule has 6 heteroatoms. The number of anilines is 1. The number of ether oxygens (including phenoxy) is 1. The van der Waals surface area contributed by atoms with Crippen molar-refractivity contribution in [3.63, 3.8) is 0 Å². The van der Waals surface area contributed by atoms with Crippen molar-refractivity contribution in [3.8, 4) is 0 Å². The lowest BCUT2D eigenvalue weighted by molar-refractivity contribution is 0.0374. The molecule has 0 unspecified atom stereocenters. The van der Waals surface area contributed by atoms with Crippen LogP contribution in [0, 0.1) is 0 Å². The van der Waals surface area contributed by atoms with E-state index < -0.39 is 0 Å². The van der Waals surface area contributed by atoms with Gasteiger partial charge in [0.15, 0.2) is 0 Å². The predicted octanol–water partition coefficient (Wildman–Crippen LogP) is 0.116. The van der Waals surface area contributed by atoms with Gasteiger partial charge in [0.2, 0.25) is 0 Å². The number of amides is 1. The maximum Gasteiger partial charge on any atom is 0.251 e. The minimum Gasteiger partial charge on any atom is -0.384 e. The molecule has 2 rings (SSSR count). The number of hydrogen-bond donors (Lipinski definition) is 2. The quantitative estimate of drug-likeness (QED) is 0.738. The first-order valence-electron chi connectivity index (χ1n) is 6.55. The summed E-state index contributed by atoms with van der Waals surface area (Å²) in [5, 5.41) is 2.89. The molecular weight excluding hydrogens is 244 g/mol. The van der Waals surface area contributed by atoms with Gasteiger partial charge in [-0.15, -0.1) is 0 Å². The summed E-state index contributed by atoms with van der Waals surface area (Å²) in [4.78, 5) is 18.0. The third-order valence-corrected chi connectivity index (χ3v) is 3.08. The average Bonchev–Trinajstić information content (AvgIpc) is 2.44. The second-order valence-electron chi connectivity index (χ2n) is 4.53. The largest absolute Gasteiger partial charge is 0.384 e. The molecule has 19 heavy (non-hydrogen) atoms. The lowest BCUT2D eigenvalue weighted by atomic mass is 10.2. The smallest absolute Gasteiger partial charge is 0.251 e. The van der Waals surface area contributed by atoms with Crippen LogP contribution in [0.5, 0.6) is 0 Å². The highest BCUT2D eigenvalue weighted by Crippen LogP contribution is 2.02. The van der Waals surface area contributed by atoms with E-state index in [1.165, 1.54) is 6.20 Å². The van der Waals surface area contributed by atoms with Crippen LogP contribution in [0.4, 0.5) is 5.82 Å². The van der Waals surface area contributed by atoms with Crippen molar-refractivity contribution >= 4 is 11.7 Å². The molecule has 1 aliphatic heterocycles. The maximum atomic E-state index is 11.8. The SMILES string of the molecule is Nc1cc(C(=O)NCCCN2CCOCC2)ccn1. The standard InChI is InChI=1S/C13H20N4O2/c14-12-10-11(2-4-15-12)13(18)16-3-1-5-17-6-8-19-9-7-17/h2,4,10H,1,3,5-9H2,(H2,14,15)(H,16,18). The lowest BCUT2D eigenvalue weighted by Gasteiger charge is -2.26. The first-order chi connectivity index (χ1) is 9.25. The van der Waals surface area contributed by atoms with Crippen molar-refractivity contribution < 1.29 is 9.53 Å². The highest BCUT2D eigenvalue weighted by atomic mass is 16.5. The zero-order chi connectivity index (χ0) is 13.5. The van der Waals surface area contributed by atoms with Gasteiger partial charge >= 0.3 is 0 Å². The number of hydrogen-bond acceptors (Lipinski definition) is 5. The van der Waals surface area contributed by atoms with Gasteiger partial charge in [0.1, 0.15) is 5.82 Å². The normalized spacial score (nSPS) is 16.2. The molecule has 0 aliphatic carbocycles. The molecule has 1 amide bonds. The molecule has 1 aromatic heterocycles. The number of nitrogens with two attached hydrogens (primary N) is 1. The van der Waals surface area contributed by atoms with Crippen LogP contribution in [0.25, 0.3) is 0 Å². The fraction of sp³-hybridized carbons (Fsp3) is 0.538. The van der Waals surface area contributed by atoms with Crippen LogP contribution in [0.2, 0.25) is 0 Å². The zero-order valence-electron chi connectivity index (χ0n) is 11.0. The second kappa shape index (κ2) is 7.06. The second-order valence-corrected chi connectivity index (χ2v) is 4.53. The average molecular weight is 264 g/mol. The molecular formula is C13H20N4O2. The molecule has 6 nitrogen and oxygen atoms in total. The van der Waals surface area contributed by atoms with E-state index in [9.17, 15) is 4.79 Å². The van der Waals surface area contributed by atoms with Crippen LogP contribution in [-0.2, 0) is 4.74 Å². The van der Waals surface area contributed by atoms with Gasteiger partial charge in [0, 0.05) is 31.4 Å². The number of aromatic nitrogens is 1. The first kappa shape index (κ1) is 13.8. The zero-order valence-corrected chi connectivity index (χ0v) is 11.0. The topological polar surface area (TPSA) is 80.5 Å². The van der Waals surface area contributed by atoms with Crippen molar-refractivity contribution in [3.05, 3.63) is 23.9 Å². The van der Waals surface area contributed by atoms with Gasteiger partial charge in [-0.25, -0.2) is 4.98 Å². The third kappa shape index (κ3) is 4.50. The summed E-state index contributed by atoms with van der Waals surface area (Å²) in [5.41, 5.74) is 6.09. The summed E-state index contributed by atoms with van der Waals surface area (Å²) in [7, 11) is 0. The Balaban J connectivity index is 1.66. The minimum atomic E-state index is -0.101. The first-order valence-corrected chi connectivity index (χ1v) is 6.55. The fourth-order valence-electron chi connectivity index (χ4n) is 2.02. The van der Waals surface area contributed by atoms with Crippen LogP contribution in [-0.4, -0.2) is 55.2 Å². The third-order valence-electron chi connectivity index (χ3n) is 3.08. The summed E-state index contributed by atoms with van der Waals surface area (Å²) in [6.45, 7) is 5.23. The molecule has 0 atom stereocenters. The predicted molar refractivity (Wildman–Crippen MR) is 72.9 cm³/mol. The van der Waals surface area contributed by atoms with Gasteiger partial charge in [-0.2, -0.15) is 0 Å². The number of morpholine rings is 1. The molecule has 0 aromatic carbocycles. The Labute approximate surface area is 112 Å². The van der Waals surface area contributed by atoms with Gasteiger partial charge in [0.05, 0.1) is 13.2 Å². The van der Waals surface area contributed by atoms with Crippen molar-refractivity contribution in [2.75, 3.05) is 45.1 Å². The van der Waals surface area contributed by atoms with Gasteiger partial charge in [-0.1, -0.05) is 0 Å². The molecule has 1 aliphatic rings. The Hall–Kier alpha value is -1.66. The van der Waals surface area contributed by atoms with E-state index in [2.05, 4.69) is 15.2 Å². The van der Waals surface area contributed by atoms with Crippen molar-refractivity contribution in [1.82, 2.24) is 15.2 Å². The highest BCUT2D eigenvalue weighted by molar-refractivity contribution is 5.94. The van der Waals surface area contributed by atoms with Crippen LogP contribution in [0.3, 0.4) is 0 Å². The molecule has 104 valence electrons. The summed E-state index contributed by atoms with van der Waals surface area (Å²) in [5.74, 6) is 0.261. The number of nitrogens with one attached hydrogen (secondary N) is 1. The maximum absolute atomic E-state index is 11.8. The summed E-state index contributed by atoms with van der Waals surface area (Å²) >= 11 is 0. The van der Waals surface area contributed by atoms with E-state index in [1.807, 2.05) is 0 Å². The van der Waals surface area contributed by atoms with E-state index in [-0.39, 0.29) is 5.91 Å². The molecule has 0 saturated carbocycles. The summed E-state index contributed by atoms with van der Waals surface area (Å²) < 4.78 is 5.28. The van der Waals surface area contributed by atoms with Gasteiger partial charge in [0.25, 0.3) is 5.91 Å². The van der Waals surface area contributed by atoms with Crippen molar-refractivity contribution in [1.29, 1.82) is 0 Å². The molecule has 2 heterocycles. The van der Waals surface area contributed by atoms with Crippen molar-refractivity contribution in [2.24, 2.45) is 0 Å². The summed E-state index contributed by atoms with van der Waals surface area (Å²) in [6, 6.07) is 3.24. The van der Waals surface area contributed by atoms with E-state index in [1.54, 1.807) is 12.1 Å². The minimum absolute atomic E-state index is 0.101. The van der Waals surface area contributed by atoms with E-state index >= 15 is 0 Å². The highest BCUT2D eigenvalue weighted by Gasteiger charge is 2.10. The Morgan fingerprint density at radius 2 is 2.26 bits per heavy atom. The van der Waals surface area contributed by atoms with Crippen LogP contribution in [0.15, 0.2) is 18.3 Å². The molecule has 1 aromatic rings. The Morgan fingerprint density at radius 3 is 3.00 bits per heavy atom. The van der Waals surface area contributed by atoms with E-state index in [0.29, 0.717) is 17.9 Å². The van der Waals surface area contributed by atoms with Gasteiger partial charge in [-0.05, 0) is 25.1 Å². The lowest BCUT2D eigenvalue weighted by Crippen LogP contribution is -2.38. The molecule has 0 radical (unpaired) electrons. The van der Waals surface area contributed by atoms with Crippen LogP contribution >= 0.6 is 0 Å². The van der Waals surface area contributed by atoms with E-state index in [4.69, 9.17) is 10.5 Å². The van der Waals surface area contributed by atoms with Gasteiger partial charge < -0.3 is 15.8 Å². The Kier molecular flexibility index (Phi) is 5.11. The number of nitrogens with zero attached hydrogens (tertiary/aromatic N) is 2. The molecule has 3 N–H and O–H groups in total. The number of rotatable bonds is 5. The monoisotopic (exact) mass is 264 g/mol. The molecule has 1 fully saturated rings. The van der Waals surface area contributed by atoms with E-state index in [0.717, 1.165) is 39.3 Å². The molecule has 0 bridgehead atoms. The fourth-order valence-corrected chi connectivity index (χ4v) is 2.02. The Bertz CT molecular complexity index is 419. The number of pyridine rings is 1. The van der Waals surface area contributed by atoms with Crippen LogP contribution in [0.1, 0.15) is 16.8 Å². The summed E-state index contributed by atoms with van der Waals surface area (Å²) in [6.07, 6.45) is 2.48. The van der Waals surface area contributed by atoms with Gasteiger partial charge in [-0.3, -0.25) is 9.69 Å². The van der Waals surface area contributed by atoms with Crippen LogP contribution < -0.4 is 11.1 Å². The Morgan fingerprint density at radius 1 is 1.47 bits per heavy atom. The van der Waals surface area contributed by atoms with Crippen molar-refractivity contribution in [2.45, 2.75) is 6.42 Å². The molecule has 0 spiro atoms. The number of carbonyl (C=O) groups excluding carboxylic acids is 1. The molecule has 1 saturated heterocycles. The number of carbonyl (C=O) groups is 1.